The van der Waals surface area contributed by atoms with Gasteiger partial charge in [-0.3, -0.25) is 19.2 Å². The van der Waals surface area contributed by atoms with E-state index in [0.29, 0.717) is 18.4 Å². The molecule has 36 heavy (non-hydrogen) atoms. The fraction of sp³-hybridized carbons (Fsp3) is 0.630. The van der Waals surface area contributed by atoms with Gasteiger partial charge in [0.1, 0.15) is 18.2 Å². The molecule has 9 nitrogen and oxygen atoms in total. The summed E-state index contributed by atoms with van der Waals surface area (Å²) in [6.07, 6.45) is 2.01. The summed E-state index contributed by atoms with van der Waals surface area (Å²) in [5.74, 6) is -1.91. The van der Waals surface area contributed by atoms with E-state index in [1.54, 1.807) is 26.8 Å². The minimum atomic E-state index is -1.01. The summed E-state index contributed by atoms with van der Waals surface area (Å²) in [7, 11) is 0. The van der Waals surface area contributed by atoms with Gasteiger partial charge in [0.15, 0.2) is 11.5 Å². The van der Waals surface area contributed by atoms with Gasteiger partial charge < -0.3 is 24.7 Å². The lowest BCUT2D eigenvalue weighted by molar-refractivity contribution is -0.168. The fourth-order valence-electron chi connectivity index (χ4n) is 3.25. The van der Waals surface area contributed by atoms with Crippen LogP contribution in [-0.4, -0.2) is 42.1 Å². The number of hydrogen-bond acceptors (Lipinski definition) is 9. The van der Waals surface area contributed by atoms with E-state index >= 15 is 0 Å². The maximum atomic E-state index is 12.6. The van der Waals surface area contributed by atoms with Crippen molar-refractivity contribution in [2.45, 2.75) is 105 Å². The standard InChI is InChI=1S/C27H41NO8/c1-7-10-17(4)26(31)33-18(5)19(6)34-27(32)21(28)15-20-13-14-22(35-24(29)11-8-2)23(16-20)36-25(30)12-9-3/h13-14,16-19,21H,7-12,15,28H2,1-6H3/t17?,18-,19-,21-/m0/s1. The predicted molar refractivity (Wildman–Crippen MR) is 134 cm³/mol. The number of ether oxygens (including phenoxy) is 4. The average Bonchev–Trinajstić information content (AvgIpc) is 2.80. The lowest BCUT2D eigenvalue weighted by Crippen LogP contribution is -2.40. The molecule has 9 heteroatoms. The van der Waals surface area contributed by atoms with Crippen LogP contribution in [0.5, 0.6) is 11.5 Å². The number of benzene rings is 1. The second-order valence-electron chi connectivity index (χ2n) is 9.01. The number of esters is 4. The van der Waals surface area contributed by atoms with Gasteiger partial charge in [-0.2, -0.15) is 0 Å². The highest BCUT2D eigenvalue weighted by Gasteiger charge is 2.26. The first kappa shape index (κ1) is 31.1. The molecule has 1 aromatic carbocycles. The van der Waals surface area contributed by atoms with Gasteiger partial charge in [0.2, 0.25) is 0 Å². The topological polar surface area (TPSA) is 131 Å². The molecule has 1 aromatic rings. The molecular formula is C27H41NO8. The van der Waals surface area contributed by atoms with Crippen LogP contribution in [0.1, 0.15) is 85.6 Å². The number of rotatable bonds is 15. The van der Waals surface area contributed by atoms with Crippen molar-refractivity contribution < 1.29 is 38.1 Å². The Morgan fingerprint density at radius 2 is 1.31 bits per heavy atom. The van der Waals surface area contributed by atoms with Crippen LogP contribution in [0.15, 0.2) is 18.2 Å². The molecule has 0 fully saturated rings. The molecule has 0 heterocycles. The van der Waals surface area contributed by atoms with Crippen LogP contribution in [0.4, 0.5) is 0 Å². The lowest BCUT2D eigenvalue weighted by atomic mass is 10.1. The maximum Gasteiger partial charge on any atom is 0.323 e. The molecule has 0 bridgehead atoms. The van der Waals surface area contributed by atoms with Crippen molar-refractivity contribution in [2.24, 2.45) is 11.7 Å². The quantitative estimate of drug-likeness (QED) is 0.273. The predicted octanol–water partition coefficient (Wildman–Crippen LogP) is 4.27. The Morgan fingerprint density at radius 3 is 1.83 bits per heavy atom. The van der Waals surface area contributed by atoms with Gasteiger partial charge in [-0.1, -0.05) is 40.2 Å². The van der Waals surface area contributed by atoms with E-state index in [9.17, 15) is 19.2 Å². The van der Waals surface area contributed by atoms with Crippen molar-refractivity contribution in [3.05, 3.63) is 23.8 Å². The summed E-state index contributed by atoms with van der Waals surface area (Å²) >= 11 is 0. The highest BCUT2D eigenvalue weighted by molar-refractivity contribution is 5.77. The van der Waals surface area contributed by atoms with Crippen LogP contribution in [0.25, 0.3) is 0 Å². The number of hydrogen-bond donors (Lipinski definition) is 1. The smallest absolute Gasteiger partial charge is 0.323 e. The summed E-state index contributed by atoms with van der Waals surface area (Å²) in [6.45, 7) is 10.8. The highest BCUT2D eigenvalue weighted by atomic mass is 16.6. The van der Waals surface area contributed by atoms with E-state index in [4.69, 9.17) is 24.7 Å². The number of carbonyl (C=O) groups is 4. The van der Waals surface area contributed by atoms with Crippen LogP contribution in [0.2, 0.25) is 0 Å². The van der Waals surface area contributed by atoms with Crippen molar-refractivity contribution in [1.82, 2.24) is 0 Å². The third kappa shape index (κ3) is 10.8. The molecule has 202 valence electrons. The largest absolute Gasteiger partial charge is 0.459 e. The molecule has 0 aliphatic heterocycles. The van der Waals surface area contributed by atoms with E-state index in [2.05, 4.69) is 0 Å². The van der Waals surface area contributed by atoms with E-state index < -0.39 is 36.2 Å². The molecule has 0 saturated carbocycles. The number of nitrogens with two attached hydrogens (primary N) is 1. The summed E-state index contributed by atoms with van der Waals surface area (Å²) in [5, 5.41) is 0. The second-order valence-corrected chi connectivity index (χ2v) is 9.01. The van der Waals surface area contributed by atoms with Crippen molar-refractivity contribution in [1.29, 1.82) is 0 Å². The highest BCUT2D eigenvalue weighted by Crippen LogP contribution is 2.30. The van der Waals surface area contributed by atoms with Crippen LogP contribution in [0, 0.1) is 5.92 Å². The first-order valence-electron chi connectivity index (χ1n) is 12.7. The van der Waals surface area contributed by atoms with Crippen molar-refractivity contribution in [3.8, 4) is 11.5 Å². The fourth-order valence-corrected chi connectivity index (χ4v) is 3.25. The number of carbonyl (C=O) groups excluding carboxylic acids is 4. The third-order valence-electron chi connectivity index (χ3n) is 5.51. The van der Waals surface area contributed by atoms with Gasteiger partial charge >= 0.3 is 23.9 Å². The molecule has 1 unspecified atom stereocenters. The Hall–Kier alpha value is -2.94. The van der Waals surface area contributed by atoms with Gasteiger partial charge in [0.25, 0.3) is 0 Å². The molecule has 2 N–H and O–H groups in total. The van der Waals surface area contributed by atoms with Crippen molar-refractivity contribution in [3.63, 3.8) is 0 Å². The van der Waals surface area contributed by atoms with E-state index in [-0.39, 0.29) is 42.6 Å². The average molecular weight is 508 g/mol. The summed E-state index contributed by atoms with van der Waals surface area (Å²) in [6, 6.07) is 3.67. The van der Waals surface area contributed by atoms with E-state index in [1.807, 2.05) is 20.8 Å². The van der Waals surface area contributed by atoms with Gasteiger partial charge in [-0.25, -0.2) is 0 Å². The van der Waals surface area contributed by atoms with Gasteiger partial charge in [-0.05, 0) is 57.2 Å². The van der Waals surface area contributed by atoms with E-state index in [0.717, 1.165) is 12.8 Å². The Labute approximate surface area is 214 Å². The van der Waals surface area contributed by atoms with E-state index in [1.165, 1.54) is 12.1 Å². The summed E-state index contributed by atoms with van der Waals surface area (Å²) in [4.78, 5) is 48.7. The zero-order valence-electron chi connectivity index (χ0n) is 22.3. The van der Waals surface area contributed by atoms with Gasteiger partial charge in [0.05, 0.1) is 5.92 Å². The minimum absolute atomic E-state index is 0.0890. The van der Waals surface area contributed by atoms with Crippen molar-refractivity contribution in [2.75, 3.05) is 0 Å². The monoisotopic (exact) mass is 507 g/mol. The Kier molecular flexibility index (Phi) is 13.8. The normalized spacial score (nSPS) is 14.2. The Morgan fingerprint density at radius 1 is 0.778 bits per heavy atom. The maximum absolute atomic E-state index is 12.6. The molecule has 0 amide bonds. The second kappa shape index (κ2) is 15.9. The molecule has 0 aliphatic rings. The molecule has 1 rings (SSSR count). The molecule has 0 aromatic heterocycles. The van der Waals surface area contributed by atoms with Crippen LogP contribution in [0.3, 0.4) is 0 Å². The summed E-state index contributed by atoms with van der Waals surface area (Å²) < 4.78 is 21.6. The molecule has 0 radical (unpaired) electrons. The molecule has 0 saturated heterocycles. The molecule has 0 spiro atoms. The lowest BCUT2D eigenvalue weighted by Gasteiger charge is -2.23. The molecular weight excluding hydrogens is 466 g/mol. The minimum Gasteiger partial charge on any atom is -0.459 e. The zero-order valence-corrected chi connectivity index (χ0v) is 22.3. The molecule has 4 atom stereocenters. The van der Waals surface area contributed by atoms with Crippen LogP contribution >= 0.6 is 0 Å². The Bertz CT molecular complexity index is 885. The SMILES string of the molecule is CCCC(=O)Oc1ccc(C[C@H](N)C(=O)O[C@@H](C)[C@H](C)OC(=O)C(C)CCC)cc1OC(=O)CCC. The first-order valence-corrected chi connectivity index (χ1v) is 12.7. The molecule has 0 aliphatic carbocycles. The van der Waals surface area contributed by atoms with Crippen LogP contribution in [-0.2, 0) is 35.1 Å². The summed E-state index contributed by atoms with van der Waals surface area (Å²) in [5.41, 5.74) is 6.66. The van der Waals surface area contributed by atoms with Crippen LogP contribution < -0.4 is 15.2 Å². The third-order valence-corrected chi connectivity index (χ3v) is 5.51. The zero-order chi connectivity index (χ0) is 27.3. The first-order chi connectivity index (χ1) is 17.0. The van der Waals surface area contributed by atoms with Gasteiger partial charge in [0, 0.05) is 12.8 Å². The van der Waals surface area contributed by atoms with Crippen molar-refractivity contribution >= 4 is 23.9 Å². The van der Waals surface area contributed by atoms with Gasteiger partial charge in [-0.15, -0.1) is 0 Å². The Balaban J connectivity index is 2.85.